The molecule has 2 aliphatic rings. The Balaban J connectivity index is 1.40. The van der Waals surface area contributed by atoms with E-state index in [2.05, 4.69) is 10.4 Å². The van der Waals surface area contributed by atoms with Crippen LogP contribution >= 0.6 is 0 Å². The number of carbonyl (C=O) groups is 2. The first-order chi connectivity index (χ1) is 12.6. The maximum absolute atomic E-state index is 12.3. The number of hydrazone groups is 1. The first-order valence-electron chi connectivity index (χ1n) is 8.24. The van der Waals surface area contributed by atoms with Crippen molar-refractivity contribution in [3.63, 3.8) is 0 Å². The van der Waals surface area contributed by atoms with Crippen LogP contribution in [-0.2, 0) is 11.3 Å². The number of amides is 2. The zero-order chi connectivity index (χ0) is 18.1. The molecule has 4 rings (SSSR count). The van der Waals surface area contributed by atoms with E-state index in [0.29, 0.717) is 35.7 Å². The van der Waals surface area contributed by atoms with Crippen LogP contribution in [0.2, 0.25) is 0 Å². The van der Waals surface area contributed by atoms with Gasteiger partial charge in [-0.15, -0.1) is 0 Å². The minimum Gasteiger partial charge on any atom is -0.454 e. The molecular weight excluding hydrogens is 334 g/mol. The molecule has 0 spiro atoms. The number of hydrogen-bond donors (Lipinski definition) is 1. The van der Waals surface area contributed by atoms with Crippen LogP contribution in [0.1, 0.15) is 29.3 Å². The molecular formula is C19H17N3O4. The van der Waals surface area contributed by atoms with E-state index in [4.69, 9.17) is 9.47 Å². The SMILES string of the molecule is CC1=NN(c2ccc(C(=O)NCc3ccc4c(c3)OCO4)cc2)C(=O)C1. The monoisotopic (exact) mass is 351 g/mol. The highest BCUT2D eigenvalue weighted by Gasteiger charge is 2.22. The summed E-state index contributed by atoms with van der Waals surface area (Å²) in [5.74, 6) is 1.14. The van der Waals surface area contributed by atoms with Crippen molar-refractivity contribution < 1.29 is 19.1 Å². The number of fused-ring (bicyclic) bond motifs is 1. The van der Waals surface area contributed by atoms with Crippen LogP contribution in [0.4, 0.5) is 5.69 Å². The van der Waals surface area contributed by atoms with E-state index in [-0.39, 0.29) is 18.6 Å². The lowest BCUT2D eigenvalue weighted by atomic mass is 10.1. The Morgan fingerprint density at radius 1 is 1.15 bits per heavy atom. The van der Waals surface area contributed by atoms with Gasteiger partial charge in [0.2, 0.25) is 6.79 Å². The Morgan fingerprint density at radius 3 is 2.65 bits per heavy atom. The normalized spacial score (nSPS) is 15.2. The van der Waals surface area contributed by atoms with Gasteiger partial charge in [-0.2, -0.15) is 5.10 Å². The second kappa shape index (κ2) is 6.51. The van der Waals surface area contributed by atoms with E-state index < -0.39 is 0 Å². The Bertz CT molecular complexity index is 906. The zero-order valence-corrected chi connectivity index (χ0v) is 14.2. The first kappa shape index (κ1) is 16.1. The lowest BCUT2D eigenvalue weighted by Gasteiger charge is -2.12. The van der Waals surface area contributed by atoms with Crippen molar-refractivity contribution >= 4 is 23.2 Å². The summed E-state index contributed by atoms with van der Waals surface area (Å²) in [5.41, 5.74) is 2.87. The third kappa shape index (κ3) is 3.11. The van der Waals surface area contributed by atoms with Gasteiger partial charge >= 0.3 is 0 Å². The summed E-state index contributed by atoms with van der Waals surface area (Å²) in [4.78, 5) is 24.2. The maximum Gasteiger partial charge on any atom is 0.253 e. The van der Waals surface area contributed by atoms with E-state index in [0.717, 1.165) is 11.3 Å². The van der Waals surface area contributed by atoms with E-state index in [1.165, 1.54) is 5.01 Å². The molecule has 0 atom stereocenters. The van der Waals surface area contributed by atoms with Crippen LogP contribution in [0.15, 0.2) is 47.6 Å². The van der Waals surface area contributed by atoms with Crippen LogP contribution in [0.25, 0.3) is 0 Å². The summed E-state index contributed by atoms with van der Waals surface area (Å²) in [7, 11) is 0. The number of nitrogens with one attached hydrogen (secondary N) is 1. The second-order valence-corrected chi connectivity index (χ2v) is 6.13. The quantitative estimate of drug-likeness (QED) is 0.918. The molecule has 0 fully saturated rings. The summed E-state index contributed by atoms with van der Waals surface area (Å²) >= 11 is 0. The van der Waals surface area contributed by atoms with E-state index in [1.54, 1.807) is 24.3 Å². The predicted molar refractivity (Wildman–Crippen MR) is 95.4 cm³/mol. The molecule has 0 radical (unpaired) electrons. The van der Waals surface area contributed by atoms with Crippen LogP contribution in [0.3, 0.4) is 0 Å². The molecule has 2 aliphatic heterocycles. The number of nitrogens with zero attached hydrogens (tertiary/aromatic N) is 2. The molecule has 2 aromatic rings. The Morgan fingerprint density at radius 2 is 1.92 bits per heavy atom. The van der Waals surface area contributed by atoms with Gasteiger partial charge in [0.15, 0.2) is 11.5 Å². The van der Waals surface area contributed by atoms with Crippen molar-refractivity contribution in [3.05, 3.63) is 53.6 Å². The van der Waals surface area contributed by atoms with Gasteiger partial charge in [-0.25, -0.2) is 5.01 Å². The Labute approximate surface area is 150 Å². The zero-order valence-electron chi connectivity index (χ0n) is 14.2. The van der Waals surface area contributed by atoms with Gasteiger partial charge in [0.25, 0.3) is 11.8 Å². The molecule has 0 unspecified atom stereocenters. The fourth-order valence-electron chi connectivity index (χ4n) is 2.85. The third-order valence-corrected chi connectivity index (χ3v) is 4.18. The maximum atomic E-state index is 12.3. The Kier molecular flexibility index (Phi) is 4.04. The smallest absolute Gasteiger partial charge is 0.253 e. The number of hydrogen-bond acceptors (Lipinski definition) is 5. The van der Waals surface area contributed by atoms with Gasteiger partial charge < -0.3 is 14.8 Å². The number of benzene rings is 2. The van der Waals surface area contributed by atoms with Crippen LogP contribution < -0.4 is 19.8 Å². The van der Waals surface area contributed by atoms with Gasteiger partial charge in [0, 0.05) is 17.8 Å². The van der Waals surface area contributed by atoms with Gasteiger partial charge in [-0.1, -0.05) is 6.07 Å². The molecule has 7 heteroatoms. The summed E-state index contributed by atoms with van der Waals surface area (Å²) in [6.07, 6.45) is 0.331. The van der Waals surface area contributed by atoms with Crippen molar-refractivity contribution in [1.82, 2.24) is 5.32 Å². The highest BCUT2D eigenvalue weighted by atomic mass is 16.7. The average molecular weight is 351 g/mol. The summed E-state index contributed by atoms with van der Waals surface area (Å²) in [5, 5.41) is 8.43. The van der Waals surface area contributed by atoms with Gasteiger partial charge in [0.05, 0.1) is 12.1 Å². The number of carbonyl (C=O) groups excluding carboxylic acids is 2. The lowest BCUT2D eigenvalue weighted by molar-refractivity contribution is -0.116. The fraction of sp³-hybridized carbons (Fsp3) is 0.211. The van der Waals surface area contributed by atoms with E-state index in [9.17, 15) is 9.59 Å². The molecule has 0 aromatic heterocycles. The van der Waals surface area contributed by atoms with Gasteiger partial charge in [-0.05, 0) is 48.9 Å². The fourth-order valence-corrected chi connectivity index (χ4v) is 2.85. The Hall–Kier alpha value is -3.35. The molecule has 7 nitrogen and oxygen atoms in total. The minimum atomic E-state index is -0.193. The molecule has 2 aromatic carbocycles. The topological polar surface area (TPSA) is 80.2 Å². The molecule has 2 heterocycles. The van der Waals surface area contributed by atoms with Gasteiger partial charge in [0.1, 0.15) is 0 Å². The van der Waals surface area contributed by atoms with Crippen molar-refractivity contribution in [3.8, 4) is 11.5 Å². The number of anilines is 1. The molecule has 1 N–H and O–H groups in total. The van der Waals surface area contributed by atoms with Crippen LogP contribution in [-0.4, -0.2) is 24.3 Å². The number of ether oxygens (including phenoxy) is 2. The molecule has 26 heavy (non-hydrogen) atoms. The minimum absolute atomic E-state index is 0.0671. The highest BCUT2D eigenvalue weighted by molar-refractivity contribution is 6.12. The summed E-state index contributed by atoms with van der Waals surface area (Å²) in [6, 6.07) is 12.4. The summed E-state index contributed by atoms with van der Waals surface area (Å²) in [6.45, 7) is 2.42. The van der Waals surface area contributed by atoms with Gasteiger partial charge in [-0.3, -0.25) is 9.59 Å². The molecule has 2 amide bonds. The van der Waals surface area contributed by atoms with Crippen molar-refractivity contribution in [2.24, 2.45) is 5.10 Å². The molecule has 0 aliphatic carbocycles. The average Bonchev–Trinajstić information content (AvgIpc) is 3.25. The van der Waals surface area contributed by atoms with Crippen molar-refractivity contribution in [2.75, 3.05) is 11.8 Å². The standard InChI is InChI=1S/C19H17N3O4/c1-12-8-18(23)22(21-12)15-5-3-14(4-6-15)19(24)20-10-13-2-7-16-17(9-13)26-11-25-16/h2-7,9H,8,10-11H2,1H3,(H,20,24). The molecule has 132 valence electrons. The first-order valence-corrected chi connectivity index (χ1v) is 8.24. The van der Waals surface area contributed by atoms with Crippen LogP contribution in [0, 0.1) is 0 Å². The third-order valence-electron chi connectivity index (χ3n) is 4.18. The number of rotatable bonds is 4. The van der Waals surface area contributed by atoms with Crippen molar-refractivity contribution in [2.45, 2.75) is 19.9 Å². The van der Waals surface area contributed by atoms with E-state index >= 15 is 0 Å². The summed E-state index contributed by atoms with van der Waals surface area (Å²) < 4.78 is 10.6. The largest absolute Gasteiger partial charge is 0.454 e. The predicted octanol–water partition coefficient (Wildman–Crippen LogP) is 2.46. The van der Waals surface area contributed by atoms with E-state index in [1.807, 2.05) is 25.1 Å². The molecule has 0 saturated carbocycles. The highest BCUT2D eigenvalue weighted by Crippen LogP contribution is 2.32. The second-order valence-electron chi connectivity index (χ2n) is 6.13. The van der Waals surface area contributed by atoms with Crippen LogP contribution in [0.5, 0.6) is 11.5 Å². The molecule has 0 saturated heterocycles. The lowest BCUT2D eigenvalue weighted by Crippen LogP contribution is -2.23. The van der Waals surface area contributed by atoms with Crippen molar-refractivity contribution in [1.29, 1.82) is 0 Å². The molecule has 0 bridgehead atoms.